The van der Waals surface area contributed by atoms with E-state index in [0.29, 0.717) is 23.6 Å². The van der Waals surface area contributed by atoms with E-state index in [1.54, 1.807) is 12.1 Å². The van der Waals surface area contributed by atoms with Gasteiger partial charge in [0.1, 0.15) is 5.75 Å². The van der Waals surface area contributed by atoms with Crippen molar-refractivity contribution in [2.45, 2.75) is 13.3 Å². The fourth-order valence-corrected chi connectivity index (χ4v) is 2.15. The monoisotopic (exact) mass is 314 g/mol. The van der Waals surface area contributed by atoms with Crippen molar-refractivity contribution in [1.29, 1.82) is 0 Å². The van der Waals surface area contributed by atoms with Gasteiger partial charge in [0.15, 0.2) is 0 Å². The zero-order valence-corrected chi connectivity index (χ0v) is 13.2. The number of anilines is 1. The molecule has 0 saturated carbocycles. The molecule has 0 atom stereocenters. The van der Waals surface area contributed by atoms with E-state index in [1.807, 2.05) is 43.3 Å². The van der Waals surface area contributed by atoms with Crippen molar-refractivity contribution in [3.8, 4) is 5.75 Å². The summed E-state index contributed by atoms with van der Waals surface area (Å²) in [5.74, 6) is 0.619. The van der Waals surface area contributed by atoms with Crippen LogP contribution < -0.4 is 15.8 Å². The third-order valence-corrected chi connectivity index (χ3v) is 3.16. The molecule has 0 aromatic heterocycles. The van der Waals surface area contributed by atoms with Crippen molar-refractivity contribution in [3.05, 3.63) is 59.7 Å². The second-order valence-corrected chi connectivity index (χ2v) is 5.28. The Labute approximate surface area is 135 Å². The summed E-state index contributed by atoms with van der Waals surface area (Å²) in [6.07, 6.45) is 0.538. The number of carbonyl (C=O) groups excluding carboxylic acids is 1. The molecule has 0 unspecified atom stereocenters. The van der Waals surface area contributed by atoms with E-state index in [2.05, 4.69) is 5.32 Å². The quantitative estimate of drug-likeness (QED) is 0.804. The maximum absolute atomic E-state index is 12.2. The van der Waals surface area contributed by atoms with E-state index in [4.69, 9.17) is 22.7 Å². The third kappa shape index (κ3) is 4.56. The van der Waals surface area contributed by atoms with Gasteiger partial charge in [-0.3, -0.25) is 4.79 Å². The van der Waals surface area contributed by atoms with Gasteiger partial charge in [-0.25, -0.2) is 0 Å². The number of hydrogen-bond acceptors (Lipinski definition) is 3. The van der Waals surface area contributed by atoms with Gasteiger partial charge in [0.2, 0.25) is 0 Å². The Hall–Kier alpha value is -2.40. The van der Waals surface area contributed by atoms with Crippen molar-refractivity contribution >= 4 is 28.8 Å². The highest BCUT2D eigenvalue weighted by atomic mass is 32.1. The molecule has 5 heteroatoms. The molecule has 0 aliphatic heterocycles. The molecule has 4 nitrogen and oxygen atoms in total. The second kappa shape index (κ2) is 7.56. The Balaban J connectivity index is 2.00. The minimum Gasteiger partial charge on any atom is -0.494 e. The normalized spacial score (nSPS) is 10.0. The number of nitrogens with one attached hydrogen (secondary N) is 1. The number of benzene rings is 2. The van der Waals surface area contributed by atoms with E-state index >= 15 is 0 Å². The molecule has 0 saturated heterocycles. The Kier molecular flexibility index (Phi) is 5.49. The molecular weight excluding hydrogens is 296 g/mol. The van der Waals surface area contributed by atoms with Crippen LogP contribution >= 0.6 is 12.2 Å². The van der Waals surface area contributed by atoms with Crippen LogP contribution in [0.15, 0.2) is 48.5 Å². The molecule has 114 valence electrons. The van der Waals surface area contributed by atoms with Gasteiger partial charge in [0.05, 0.1) is 11.6 Å². The zero-order chi connectivity index (χ0) is 15.9. The number of hydrogen-bond donors (Lipinski definition) is 2. The van der Waals surface area contributed by atoms with Crippen molar-refractivity contribution in [2.75, 3.05) is 11.9 Å². The molecule has 0 spiro atoms. The zero-order valence-electron chi connectivity index (χ0n) is 12.3. The summed E-state index contributed by atoms with van der Waals surface area (Å²) in [5, 5.41) is 2.84. The molecule has 0 aliphatic carbocycles. The molecule has 0 radical (unpaired) electrons. The van der Waals surface area contributed by atoms with Gasteiger partial charge in [0.25, 0.3) is 5.91 Å². The van der Waals surface area contributed by atoms with Crippen LogP contribution in [0.25, 0.3) is 0 Å². The predicted molar refractivity (Wildman–Crippen MR) is 92.5 cm³/mol. The Morgan fingerprint density at radius 2 is 1.77 bits per heavy atom. The summed E-state index contributed by atoms with van der Waals surface area (Å²) in [7, 11) is 0. The minimum absolute atomic E-state index is 0.161. The lowest BCUT2D eigenvalue weighted by atomic mass is 10.1. The number of nitrogens with two attached hydrogens (primary N) is 1. The van der Waals surface area contributed by atoms with Crippen molar-refractivity contribution in [1.82, 2.24) is 0 Å². The van der Waals surface area contributed by atoms with Gasteiger partial charge in [-0.2, -0.15) is 0 Å². The second-order valence-electron chi connectivity index (χ2n) is 4.75. The molecule has 2 rings (SSSR count). The largest absolute Gasteiger partial charge is 0.494 e. The molecule has 0 bridgehead atoms. The highest BCUT2D eigenvalue weighted by Gasteiger charge is 2.06. The Bertz CT molecular complexity index is 651. The number of rotatable bonds is 6. The van der Waals surface area contributed by atoms with E-state index in [-0.39, 0.29) is 5.91 Å². The van der Waals surface area contributed by atoms with Crippen LogP contribution in [-0.2, 0) is 6.42 Å². The fraction of sp³-hybridized carbons (Fsp3) is 0.176. The molecule has 1 amide bonds. The van der Waals surface area contributed by atoms with Crippen LogP contribution in [0.4, 0.5) is 5.69 Å². The number of carbonyl (C=O) groups is 1. The number of thiocarbonyl (C=S) groups is 1. The van der Waals surface area contributed by atoms with Crippen LogP contribution in [0.2, 0.25) is 0 Å². The summed E-state index contributed by atoms with van der Waals surface area (Å²) in [6, 6.07) is 14.5. The molecule has 0 fully saturated rings. The van der Waals surface area contributed by atoms with Crippen LogP contribution in [-0.4, -0.2) is 17.5 Å². The summed E-state index contributed by atoms with van der Waals surface area (Å²) in [5.41, 5.74) is 7.80. The molecule has 3 N–H and O–H groups in total. The first-order valence-corrected chi connectivity index (χ1v) is 7.40. The lowest BCUT2D eigenvalue weighted by Gasteiger charge is -2.08. The van der Waals surface area contributed by atoms with Gasteiger partial charge in [-0.1, -0.05) is 24.4 Å². The average Bonchev–Trinajstić information content (AvgIpc) is 2.49. The first-order chi connectivity index (χ1) is 10.6. The van der Waals surface area contributed by atoms with Crippen molar-refractivity contribution in [2.24, 2.45) is 5.73 Å². The van der Waals surface area contributed by atoms with Gasteiger partial charge in [-0.15, -0.1) is 0 Å². The van der Waals surface area contributed by atoms with Crippen molar-refractivity contribution in [3.63, 3.8) is 0 Å². The molecule has 2 aromatic carbocycles. The first-order valence-electron chi connectivity index (χ1n) is 7.00. The van der Waals surface area contributed by atoms with E-state index in [9.17, 15) is 4.79 Å². The average molecular weight is 314 g/mol. The maximum atomic E-state index is 12.2. The van der Waals surface area contributed by atoms with Gasteiger partial charge in [-0.05, 0) is 48.9 Å². The van der Waals surface area contributed by atoms with Crippen LogP contribution in [0.5, 0.6) is 5.75 Å². The van der Waals surface area contributed by atoms with Gasteiger partial charge >= 0.3 is 0 Å². The maximum Gasteiger partial charge on any atom is 0.255 e. The molecule has 0 heterocycles. The molecule has 22 heavy (non-hydrogen) atoms. The summed E-state index contributed by atoms with van der Waals surface area (Å²) >= 11 is 4.87. The number of amides is 1. The van der Waals surface area contributed by atoms with Crippen LogP contribution in [0.1, 0.15) is 22.8 Å². The summed E-state index contributed by atoms with van der Waals surface area (Å²) in [6.45, 7) is 2.54. The van der Waals surface area contributed by atoms with Gasteiger partial charge < -0.3 is 15.8 Å². The highest BCUT2D eigenvalue weighted by Crippen LogP contribution is 2.16. The van der Waals surface area contributed by atoms with E-state index in [1.165, 1.54) is 0 Å². The standard InChI is InChI=1S/C17H18N2O2S/c1-2-21-15-9-7-14(8-10-15)19-17(20)13-5-3-12(4-6-13)11-16(18)22/h3-10H,2,11H2,1H3,(H2,18,22)(H,19,20). The predicted octanol–water partition coefficient (Wildman–Crippen LogP) is 3.17. The smallest absolute Gasteiger partial charge is 0.255 e. The van der Waals surface area contributed by atoms with Crippen LogP contribution in [0.3, 0.4) is 0 Å². The summed E-state index contributed by atoms with van der Waals surface area (Å²) < 4.78 is 5.36. The molecular formula is C17H18N2O2S. The third-order valence-electron chi connectivity index (χ3n) is 3.02. The fourth-order valence-electron chi connectivity index (χ4n) is 1.98. The SMILES string of the molecule is CCOc1ccc(NC(=O)c2ccc(CC(N)=S)cc2)cc1. The van der Waals surface area contributed by atoms with E-state index in [0.717, 1.165) is 17.0 Å². The highest BCUT2D eigenvalue weighted by molar-refractivity contribution is 7.80. The lowest BCUT2D eigenvalue weighted by molar-refractivity contribution is 0.102. The number of ether oxygens (including phenoxy) is 1. The lowest BCUT2D eigenvalue weighted by Crippen LogP contribution is -2.13. The van der Waals surface area contributed by atoms with E-state index < -0.39 is 0 Å². The molecule has 0 aliphatic rings. The Morgan fingerprint density at radius 3 is 2.32 bits per heavy atom. The summed E-state index contributed by atoms with van der Waals surface area (Å²) in [4.78, 5) is 12.6. The first kappa shape index (κ1) is 16.0. The topological polar surface area (TPSA) is 64.3 Å². The van der Waals surface area contributed by atoms with Gasteiger partial charge in [0, 0.05) is 17.7 Å². The van der Waals surface area contributed by atoms with Crippen molar-refractivity contribution < 1.29 is 9.53 Å². The minimum atomic E-state index is -0.161. The molecule has 2 aromatic rings. The van der Waals surface area contributed by atoms with Crippen LogP contribution in [0, 0.1) is 0 Å². The Morgan fingerprint density at radius 1 is 1.14 bits per heavy atom.